The van der Waals surface area contributed by atoms with Crippen LogP contribution in [0.15, 0.2) is 98.4 Å². The highest BCUT2D eigenvalue weighted by molar-refractivity contribution is 14.1. The van der Waals surface area contributed by atoms with Crippen LogP contribution in [-0.4, -0.2) is 223 Å². The first-order valence-electron chi connectivity index (χ1n) is 31.4. The SMILES string of the molecule is CB(O)NCC(=O)c1cnn(C)c1.CB(O)NCC1(c2cnn(C)c2)NC(=O)NC1=O.COC(=O)c1cc(OC)ccc1CBr.CON(C)C(=O)CNB(C)O.COc1ccc2c(c1)C(=O)N(CC1(c3cnn(C)c3)NC(=O)NC1=O)C2.Cl.Cn1cc(C2(CN)CC(=O)NC2=O)cn1.Cn1cc(I)cn1. The van der Waals surface area contributed by atoms with Crippen molar-refractivity contribution in [1.29, 1.82) is 0 Å². The molecule has 0 spiro atoms. The molecule has 566 valence electrons. The molecule has 0 bridgehead atoms. The molecular formula is C61H85B3BrClIN21O17. The van der Waals surface area contributed by atoms with Gasteiger partial charge in [-0.1, -0.05) is 28.1 Å². The van der Waals surface area contributed by atoms with Gasteiger partial charge in [0.05, 0.1) is 99.2 Å². The second-order valence-corrected chi connectivity index (χ2v) is 25.2. The first-order valence-corrected chi connectivity index (χ1v) is 33.6. The Hall–Kier alpha value is -9.44. The molecule has 3 saturated heterocycles. The summed E-state index contributed by atoms with van der Waals surface area (Å²) in [4.78, 5) is 123. The average molecular weight is 1660 g/mol. The molecule has 0 saturated carbocycles. The van der Waals surface area contributed by atoms with Crippen LogP contribution in [0.2, 0.25) is 20.5 Å². The van der Waals surface area contributed by atoms with Crippen LogP contribution in [0.1, 0.15) is 65.3 Å². The van der Waals surface area contributed by atoms with E-state index in [4.69, 9.17) is 25.3 Å². The smallest absolute Gasteiger partial charge is 0.374 e. The van der Waals surface area contributed by atoms with Crippen molar-refractivity contribution in [2.75, 3.05) is 68.2 Å². The van der Waals surface area contributed by atoms with E-state index < -0.39 is 61.5 Å². The van der Waals surface area contributed by atoms with E-state index in [1.54, 1.807) is 122 Å². The zero-order valence-corrected chi connectivity index (χ0v) is 64.4. The third kappa shape index (κ3) is 24.3. The Morgan fingerprint density at radius 2 is 1.15 bits per heavy atom. The van der Waals surface area contributed by atoms with Gasteiger partial charge in [0.25, 0.3) is 23.6 Å². The molecule has 10 amide bonds. The quantitative estimate of drug-likeness (QED) is 0.00586. The van der Waals surface area contributed by atoms with E-state index in [2.05, 4.69) is 116 Å². The lowest BCUT2D eigenvalue weighted by Gasteiger charge is -2.30. The second kappa shape index (κ2) is 40.7. The number of aromatic nitrogens is 10. The van der Waals surface area contributed by atoms with Gasteiger partial charge in [-0.3, -0.25) is 77.8 Å². The Balaban J connectivity index is 0.000000267. The number of carbonyl (C=O) groups is 10. The summed E-state index contributed by atoms with van der Waals surface area (Å²) in [6, 6.07) is 9.46. The van der Waals surface area contributed by atoms with Gasteiger partial charge in [-0.15, -0.1) is 12.4 Å². The lowest BCUT2D eigenvalue weighted by atomic mass is 9.81. The van der Waals surface area contributed by atoms with Crippen molar-refractivity contribution >= 4 is 131 Å². The Morgan fingerprint density at radius 1 is 0.657 bits per heavy atom. The summed E-state index contributed by atoms with van der Waals surface area (Å²) in [5.74, 6) is -1.21. The van der Waals surface area contributed by atoms with Gasteiger partial charge < -0.3 is 66.2 Å². The molecule has 11 rings (SSSR count). The maximum Gasteiger partial charge on any atom is 0.374 e. The topological polar surface area (TPSA) is 486 Å². The number of nitrogens with two attached hydrogens (primary N) is 1. The number of hydrogen-bond acceptors (Lipinski definition) is 26. The lowest BCUT2D eigenvalue weighted by Crippen LogP contribution is -2.53. The maximum absolute atomic E-state index is 12.8. The number of likely N-dealkylation sites (N-methyl/N-ethyl adjacent to an activating group) is 1. The largest absolute Gasteiger partial charge is 0.497 e. The van der Waals surface area contributed by atoms with Crippen LogP contribution in [-0.2, 0) is 97.2 Å². The number of rotatable bonds is 21. The van der Waals surface area contributed by atoms with Crippen molar-refractivity contribution in [2.24, 2.45) is 41.0 Å². The molecule has 3 atom stereocenters. The number of urea groups is 2. The number of aryl methyl sites for hydroxylation is 5. The molecule has 4 aliphatic rings. The van der Waals surface area contributed by atoms with E-state index in [-0.39, 0.29) is 86.9 Å². The van der Waals surface area contributed by atoms with Crippen molar-refractivity contribution in [1.82, 2.24) is 101 Å². The van der Waals surface area contributed by atoms with Gasteiger partial charge in [-0.25, -0.2) is 19.4 Å². The number of nitrogens with zero attached hydrogens (tertiary/aromatic N) is 12. The number of hydrogen-bond donors (Lipinski definition) is 12. The number of hydroxylamine groups is 2. The molecule has 3 fully saturated rings. The fraction of sp³-hybridized carbons (Fsp3) is 0.393. The first-order chi connectivity index (χ1) is 49.1. The molecule has 105 heavy (non-hydrogen) atoms. The van der Waals surface area contributed by atoms with Crippen LogP contribution in [0.3, 0.4) is 0 Å². The van der Waals surface area contributed by atoms with E-state index in [0.717, 1.165) is 16.2 Å². The number of ketones is 1. The van der Waals surface area contributed by atoms with E-state index in [1.165, 1.54) is 62.0 Å². The van der Waals surface area contributed by atoms with Crippen LogP contribution in [0.5, 0.6) is 11.5 Å². The van der Waals surface area contributed by atoms with Crippen molar-refractivity contribution in [3.05, 3.63) is 146 Å². The minimum Gasteiger partial charge on any atom is -0.497 e. The van der Waals surface area contributed by atoms with Gasteiger partial charge in [0.15, 0.2) is 16.9 Å². The Morgan fingerprint density at radius 3 is 1.57 bits per heavy atom. The molecule has 5 aromatic heterocycles. The van der Waals surface area contributed by atoms with E-state index >= 15 is 0 Å². The minimum absolute atomic E-state index is 0. The summed E-state index contributed by atoms with van der Waals surface area (Å²) >= 11 is 5.52. The molecule has 9 heterocycles. The van der Waals surface area contributed by atoms with Gasteiger partial charge in [0.1, 0.15) is 11.5 Å². The van der Waals surface area contributed by atoms with Gasteiger partial charge in [0.2, 0.25) is 11.8 Å². The fourth-order valence-electron chi connectivity index (χ4n) is 9.96. The summed E-state index contributed by atoms with van der Waals surface area (Å²) in [5.41, 5.74) is 7.21. The first kappa shape index (κ1) is 88.0. The molecule has 13 N–H and O–H groups in total. The number of imide groups is 3. The number of carbonyl (C=O) groups excluding carboxylic acids is 10. The monoisotopic (exact) mass is 1660 g/mol. The van der Waals surface area contributed by atoms with E-state index in [1.807, 2.05) is 37.6 Å². The van der Waals surface area contributed by atoms with Crippen molar-refractivity contribution in [2.45, 2.75) is 55.3 Å². The van der Waals surface area contributed by atoms with Gasteiger partial charge in [0, 0.05) is 127 Å². The number of esters is 1. The summed E-state index contributed by atoms with van der Waals surface area (Å²) in [7, 11) is 14.1. The highest BCUT2D eigenvalue weighted by atomic mass is 127. The number of amides is 10. The van der Waals surface area contributed by atoms with Crippen molar-refractivity contribution < 1.29 is 82.1 Å². The normalized spacial score (nSPS) is 17.1. The number of alkyl halides is 1. The molecule has 2 aromatic carbocycles. The van der Waals surface area contributed by atoms with E-state index in [9.17, 15) is 53.0 Å². The molecule has 0 radical (unpaired) electrons. The zero-order chi connectivity index (χ0) is 77.4. The maximum atomic E-state index is 12.8. The number of nitrogens with one attached hydrogen (secondary N) is 8. The molecule has 38 nitrogen and oxygen atoms in total. The fourth-order valence-corrected chi connectivity index (χ4v) is 11.0. The van der Waals surface area contributed by atoms with Crippen molar-refractivity contribution in [3.8, 4) is 11.5 Å². The average Bonchev–Trinajstić information content (AvgIpc) is 1.62. The summed E-state index contributed by atoms with van der Waals surface area (Å²) < 4.78 is 24.1. The third-order valence-corrected chi connectivity index (χ3v) is 16.8. The third-order valence-electron chi connectivity index (χ3n) is 15.6. The number of benzene rings is 2. The Kier molecular flexibility index (Phi) is 34.1. The van der Waals surface area contributed by atoms with Crippen LogP contribution in [0, 0.1) is 3.57 Å². The highest BCUT2D eigenvalue weighted by Gasteiger charge is 2.52. The number of methoxy groups -OCH3 is 3. The van der Waals surface area contributed by atoms with Gasteiger partial charge >= 0.3 is 39.2 Å². The van der Waals surface area contributed by atoms with Crippen LogP contribution >= 0.6 is 50.9 Å². The summed E-state index contributed by atoms with van der Waals surface area (Å²) in [6.45, 7) is 5.38. The number of fused-ring (bicyclic) bond motifs is 1. The van der Waals surface area contributed by atoms with Crippen molar-refractivity contribution in [3.63, 3.8) is 0 Å². The predicted molar refractivity (Wildman–Crippen MR) is 396 cm³/mol. The molecule has 4 aliphatic heterocycles. The zero-order valence-electron chi connectivity index (χ0n) is 59.8. The number of halogens is 3. The molecule has 7 aromatic rings. The number of ether oxygens (including phenoxy) is 3. The lowest BCUT2D eigenvalue weighted by molar-refractivity contribution is -0.167. The standard InChI is InChI=1S/C17H17N5O4.C10H11BrO3.C9H14BN5O3.C9H12N4O2.C7H12BN3O2.C5H13BN2O3.C4H5IN2.ClH/c1-21-8-11(6-18-21)17(15(24)19-16(25)20-17)9-22-7-10-3-4-12(26-2)5-13(10)14(22)23;1-13-8-4-3-7(6-11)9(5-8)10(12)14-2;1-10(18)11-5-9(6-3-12-15(2)4-6)7(16)13-8(17)14-9;1-13-4-6(3-11-13)9(5-10)2-7(14)12-8(9)15;1-8(13)9-4-7(12)6-3-10-11(2)5-6;1-6(10)7-4-5(9)8(2)11-3;1-7-3-4(5)2-6-7;/h3-6,8H,7,9H2,1-2H3,(H2,19,20,24,25);3-5H,6H2,1-2H3;3-4,11,18H,5H2,1-2H3,(H2,13,14,16,17);3-4H,2,5,10H2,1H3,(H,12,14,15);3,5,9,13H,4H2,1-2H3;7,10H,4H2,1-3H3;2-3H,1H3;1H. The predicted octanol–water partition coefficient (Wildman–Crippen LogP) is -1.23. The highest BCUT2D eigenvalue weighted by Crippen LogP contribution is 2.34. The second-order valence-electron chi connectivity index (χ2n) is 23.4. The van der Waals surface area contributed by atoms with Gasteiger partial charge in [-0.05, 0) is 78.5 Å². The molecule has 44 heteroatoms. The molecule has 3 unspecified atom stereocenters. The van der Waals surface area contributed by atoms with Crippen LogP contribution in [0.25, 0.3) is 0 Å². The minimum atomic E-state index is -1.37. The van der Waals surface area contributed by atoms with Crippen LogP contribution < -0.4 is 57.5 Å². The van der Waals surface area contributed by atoms with Crippen LogP contribution in [0.4, 0.5) is 9.59 Å². The summed E-state index contributed by atoms with van der Waals surface area (Å²) in [6.07, 6.45) is 16.6. The number of Topliss-reactive ketones (excluding diaryl/α,β-unsaturated/α-hetero) is 1. The van der Waals surface area contributed by atoms with E-state index in [0.29, 0.717) is 56.8 Å². The Labute approximate surface area is 633 Å². The van der Waals surface area contributed by atoms with Gasteiger partial charge in [-0.2, -0.15) is 25.5 Å². The Bertz CT molecular complexity index is 4140. The molecular weight excluding hydrogens is 1570 g/mol. The molecule has 0 aliphatic carbocycles. The summed E-state index contributed by atoms with van der Waals surface area (Å²) in [5, 5.41) is 68.3.